The molecule has 102 valence electrons. The minimum absolute atomic E-state index is 0.270. The Morgan fingerprint density at radius 2 is 2.00 bits per heavy atom. The molecule has 3 nitrogen and oxygen atoms in total. The van der Waals surface area contributed by atoms with Gasteiger partial charge in [-0.3, -0.25) is 4.21 Å². The lowest BCUT2D eigenvalue weighted by atomic mass is 10.2. The first-order valence-electron chi connectivity index (χ1n) is 6.37. The van der Waals surface area contributed by atoms with E-state index >= 15 is 0 Å². The number of hydrogen-bond donors (Lipinski definition) is 1. The highest BCUT2D eigenvalue weighted by Crippen LogP contribution is 2.12. The molecule has 0 saturated heterocycles. The maximum Gasteiger partial charge on any atom is 0.119 e. The van der Waals surface area contributed by atoms with Crippen molar-refractivity contribution in [3.05, 3.63) is 29.8 Å². The third-order valence-electron chi connectivity index (χ3n) is 2.54. The highest BCUT2D eigenvalue weighted by molar-refractivity contribution is 7.84. The van der Waals surface area contributed by atoms with Crippen LogP contribution in [0.15, 0.2) is 24.3 Å². The van der Waals surface area contributed by atoms with Crippen molar-refractivity contribution in [3.8, 4) is 5.75 Å². The zero-order chi connectivity index (χ0) is 13.4. The first-order chi connectivity index (χ1) is 8.61. The fourth-order valence-electron chi connectivity index (χ4n) is 1.63. The minimum atomic E-state index is -0.744. The third-order valence-corrected chi connectivity index (χ3v) is 3.50. The summed E-state index contributed by atoms with van der Waals surface area (Å²) in [4.78, 5) is 0. The molecular weight excluding hydrogens is 246 g/mol. The Morgan fingerprint density at radius 1 is 1.33 bits per heavy atom. The second-order valence-electron chi connectivity index (χ2n) is 4.51. The SMILES string of the molecule is CCCOc1ccc(CNC(C)CS(C)=O)cc1. The summed E-state index contributed by atoms with van der Waals surface area (Å²) in [5, 5.41) is 3.36. The lowest BCUT2D eigenvalue weighted by Crippen LogP contribution is -2.30. The lowest BCUT2D eigenvalue weighted by molar-refractivity contribution is 0.317. The highest BCUT2D eigenvalue weighted by Gasteiger charge is 2.03. The Morgan fingerprint density at radius 3 is 2.56 bits per heavy atom. The van der Waals surface area contributed by atoms with Crippen molar-refractivity contribution >= 4 is 10.8 Å². The van der Waals surface area contributed by atoms with Gasteiger partial charge in [0.05, 0.1) is 6.61 Å². The maximum atomic E-state index is 11.1. The molecule has 0 saturated carbocycles. The summed E-state index contributed by atoms with van der Waals surface area (Å²) in [7, 11) is -0.744. The van der Waals surface area contributed by atoms with Gasteiger partial charge in [-0.1, -0.05) is 19.1 Å². The molecule has 0 spiro atoms. The number of benzene rings is 1. The van der Waals surface area contributed by atoms with E-state index < -0.39 is 10.8 Å². The van der Waals surface area contributed by atoms with E-state index in [2.05, 4.69) is 31.3 Å². The third kappa shape index (κ3) is 6.17. The largest absolute Gasteiger partial charge is 0.494 e. The molecule has 0 aliphatic rings. The average Bonchev–Trinajstić information content (AvgIpc) is 2.34. The normalized spacial score (nSPS) is 14.2. The van der Waals surface area contributed by atoms with Crippen LogP contribution in [0.3, 0.4) is 0 Å². The van der Waals surface area contributed by atoms with E-state index in [9.17, 15) is 4.21 Å². The zero-order valence-electron chi connectivity index (χ0n) is 11.4. The molecule has 2 unspecified atom stereocenters. The van der Waals surface area contributed by atoms with Crippen LogP contribution in [-0.4, -0.2) is 28.9 Å². The fraction of sp³-hybridized carbons (Fsp3) is 0.571. The van der Waals surface area contributed by atoms with Crippen molar-refractivity contribution in [2.24, 2.45) is 0 Å². The van der Waals surface area contributed by atoms with Crippen molar-refractivity contribution in [2.75, 3.05) is 18.6 Å². The quantitative estimate of drug-likeness (QED) is 0.787. The number of ether oxygens (including phenoxy) is 1. The van der Waals surface area contributed by atoms with Crippen molar-refractivity contribution < 1.29 is 8.95 Å². The maximum absolute atomic E-state index is 11.1. The molecular formula is C14H23NO2S. The summed E-state index contributed by atoms with van der Waals surface area (Å²) in [5.74, 6) is 1.61. The summed E-state index contributed by atoms with van der Waals surface area (Å²) in [6, 6.07) is 8.39. The van der Waals surface area contributed by atoms with E-state index in [0.717, 1.165) is 25.3 Å². The molecule has 0 aliphatic heterocycles. The predicted octanol–water partition coefficient (Wildman–Crippen LogP) is 2.33. The molecule has 1 aromatic carbocycles. The zero-order valence-corrected chi connectivity index (χ0v) is 12.3. The molecule has 2 atom stereocenters. The van der Waals surface area contributed by atoms with Gasteiger partial charge in [-0.2, -0.15) is 0 Å². The van der Waals surface area contributed by atoms with Gasteiger partial charge in [0.2, 0.25) is 0 Å². The second-order valence-corrected chi connectivity index (χ2v) is 5.99. The summed E-state index contributed by atoms with van der Waals surface area (Å²) in [5.41, 5.74) is 1.22. The lowest BCUT2D eigenvalue weighted by Gasteiger charge is -2.12. The molecule has 1 rings (SSSR count). The Hall–Kier alpha value is -0.870. The van der Waals surface area contributed by atoms with Crippen LogP contribution in [0.2, 0.25) is 0 Å². The summed E-state index contributed by atoms with van der Waals surface area (Å²) in [6.07, 6.45) is 2.76. The van der Waals surface area contributed by atoms with Gasteiger partial charge in [-0.15, -0.1) is 0 Å². The van der Waals surface area contributed by atoms with Gasteiger partial charge >= 0.3 is 0 Å². The molecule has 0 amide bonds. The first-order valence-corrected chi connectivity index (χ1v) is 8.09. The van der Waals surface area contributed by atoms with Gasteiger partial charge in [0.15, 0.2) is 0 Å². The monoisotopic (exact) mass is 269 g/mol. The molecule has 0 heterocycles. The Balaban J connectivity index is 2.36. The smallest absolute Gasteiger partial charge is 0.119 e. The van der Waals surface area contributed by atoms with Crippen molar-refractivity contribution in [2.45, 2.75) is 32.9 Å². The van der Waals surface area contributed by atoms with Gasteiger partial charge in [0.1, 0.15) is 5.75 Å². The van der Waals surface area contributed by atoms with Gasteiger partial charge in [-0.25, -0.2) is 0 Å². The number of rotatable bonds is 8. The molecule has 0 fully saturated rings. The molecule has 4 heteroatoms. The summed E-state index contributed by atoms with van der Waals surface area (Å²) < 4.78 is 16.6. The van der Waals surface area contributed by atoms with Crippen LogP contribution in [0.4, 0.5) is 0 Å². The van der Waals surface area contributed by atoms with Crippen LogP contribution < -0.4 is 10.1 Å². The molecule has 18 heavy (non-hydrogen) atoms. The van der Waals surface area contributed by atoms with Crippen LogP contribution in [0.1, 0.15) is 25.8 Å². The van der Waals surface area contributed by atoms with E-state index in [1.165, 1.54) is 5.56 Å². The minimum Gasteiger partial charge on any atom is -0.494 e. The topological polar surface area (TPSA) is 38.3 Å². The molecule has 0 aliphatic carbocycles. The van der Waals surface area contributed by atoms with E-state index in [0.29, 0.717) is 5.75 Å². The van der Waals surface area contributed by atoms with E-state index in [1.807, 2.05) is 12.1 Å². The average molecular weight is 269 g/mol. The van der Waals surface area contributed by atoms with Crippen LogP contribution >= 0.6 is 0 Å². The second kappa shape index (κ2) is 8.27. The van der Waals surface area contributed by atoms with Crippen molar-refractivity contribution in [1.82, 2.24) is 5.32 Å². The van der Waals surface area contributed by atoms with Gasteiger partial charge in [0.25, 0.3) is 0 Å². The Labute approximate surface area is 112 Å². The fourth-order valence-corrected chi connectivity index (χ4v) is 2.45. The van der Waals surface area contributed by atoms with Crippen LogP contribution in [0, 0.1) is 0 Å². The van der Waals surface area contributed by atoms with Crippen LogP contribution in [-0.2, 0) is 17.3 Å². The van der Waals surface area contributed by atoms with Crippen molar-refractivity contribution in [1.29, 1.82) is 0 Å². The Bertz CT molecular complexity index is 365. The summed E-state index contributed by atoms with van der Waals surface area (Å²) >= 11 is 0. The molecule has 1 N–H and O–H groups in total. The van der Waals surface area contributed by atoms with Crippen molar-refractivity contribution in [3.63, 3.8) is 0 Å². The van der Waals surface area contributed by atoms with E-state index in [-0.39, 0.29) is 6.04 Å². The van der Waals surface area contributed by atoms with E-state index in [1.54, 1.807) is 6.26 Å². The van der Waals surface area contributed by atoms with Gasteiger partial charge in [0, 0.05) is 35.4 Å². The van der Waals surface area contributed by atoms with Crippen LogP contribution in [0.25, 0.3) is 0 Å². The van der Waals surface area contributed by atoms with E-state index in [4.69, 9.17) is 4.74 Å². The number of hydrogen-bond acceptors (Lipinski definition) is 3. The predicted molar refractivity (Wildman–Crippen MR) is 77.5 cm³/mol. The Kier molecular flexibility index (Phi) is 6.98. The summed E-state index contributed by atoms with van der Waals surface area (Å²) in [6.45, 7) is 5.71. The molecule has 0 bridgehead atoms. The van der Waals surface area contributed by atoms with Gasteiger partial charge < -0.3 is 10.1 Å². The molecule has 0 aromatic heterocycles. The molecule has 1 aromatic rings. The standard InChI is InChI=1S/C14H23NO2S/c1-4-9-17-14-7-5-13(6-8-14)10-15-12(2)11-18(3)16/h5-8,12,15H,4,9-11H2,1-3H3. The first kappa shape index (κ1) is 15.2. The number of nitrogens with one attached hydrogen (secondary N) is 1. The molecule has 0 radical (unpaired) electrons. The highest BCUT2D eigenvalue weighted by atomic mass is 32.2. The van der Waals surface area contributed by atoms with Gasteiger partial charge in [-0.05, 0) is 31.0 Å². The van der Waals surface area contributed by atoms with Crippen LogP contribution in [0.5, 0.6) is 5.75 Å².